The zero-order chi connectivity index (χ0) is 21.7. The van der Waals surface area contributed by atoms with Crippen LogP contribution in [0.15, 0.2) is 30.3 Å². The van der Waals surface area contributed by atoms with Crippen molar-refractivity contribution in [2.24, 2.45) is 0 Å². The molecule has 1 aliphatic heterocycles. The van der Waals surface area contributed by atoms with E-state index in [1.54, 1.807) is 19.2 Å². The van der Waals surface area contributed by atoms with Crippen LogP contribution < -0.4 is 14.2 Å². The Hall–Kier alpha value is -2.40. The molecule has 0 aromatic heterocycles. The summed E-state index contributed by atoms with van der Waals surface area (Å²) in [6.45, 7) is 7.96. The number of carbonyl (C=O) groups is 1. The summed E-state index contributed by atoms with van der Waals surface area (Å²) in [5, 5.41) is 0.388. The summed E-state index contributed by atoms with van der Waals surface area (Å²) in [6.07, 6.45) is 2.56. The lowest BCUT2D eigenvalue weighted by molar-refractivity contribution is 0.0594. The number of carbonyl (C=O) groups excluding carboxylic acids is 1. The molecule has 0 unspecified atom stereocenters. The normalized spacial score (nSPS) is 14.5. The van der Waals surface area contributed by atoms with Crippen molar-refractivity contribution in [2.75, 3.05) is 26.8 Å². The first kappa shape index (κ1) is 22.3. The van der Waals surface area contributed by atoms with Gasteiger partial charge in [-0.25, -0.2) is 0 Å². The Morgan fingerprint density at radius 1 is 1.13 bits per heavy atom. The van der Waals surface area contributed by atoms with E-state index in [0.29, 0.717) is 41.8 Å². The first-order valence-electron chi connectivity index (χ1n) is 10.5. The van der Waals surface area contributed by atoms with E-state index in [0.717, 1.165) is 30.6 Å². The lowest BCUT2D eigenvalue weighted by Crippen LogP contribution is -2.41. The van der Waals surface area contributed by atoms with Gasteiger partial charge < -0.3 is 19.1 Å². The van der Waals surface area contributed by atoms with Crippen molar-refractivity contribution in [1.82, 2.24) is 4.90 Å². The van der Waals surface area contributed by atoms with Gasteiger partial charge >= 0.3 is 0 Å². The number of aryl methyl sites for hydroxylation is 2. The summed E-state index contributed by atoms with van der Waals surface area (Å²) in [7, 11) is 1.55. The molecular formula is C24H30ClNO4. The van der Waals surface area contributed by atoms with E-state index in [2.05, 4.69) is 32.0 Å². The molecule has 162 valence electrons. The fraction of sp³-hybridized carbons (Fsp3) is 0.458. The Balaban J connectivity index is 1.65. The number of hydrogen-bond acceptors (Lipinski definition) is 4. The quantitative estimate of drug-likeness (QED) is 0.585. The predicted octanol–water partition coefficient (Wildman–Crippen LogP) is 5.44. The number of likely N-dealkylation sites (tertiary alicyclic amines) is 1. The number of amides is 1. The van der Waals surface area contributed by atoms with Gasteiger partial charge in [0.1, 0.15) is 11.9 Å². The number of methoxy groups -OCH3 is 1. The lowest BCUT2D eigenvalue weighted by Gasteiger charge is -2.32. The van der Waals surface area contributed by atoms with Crippen molar-refractivity contribution in [3.8, 4) is 17.2 Å². The molecule has 3 rings (SSSR count). The van der Waals surface area contributed by atoms with Gasteiger partial charge in [0.25, 0.3) is 5.91 Å². The molecule has 1 amide bonds. The first-order chi connectivity index (χ1) is 14.4. The molecule has 0 bridgehead atoms. The maximum atomic E-state index is 13.0. The van der Waals surface area contributed by atoms with Crippen LogP contribution in [-0.4, -0.2) is 43.7 Å². The molecular weight excluding hydrogens is 402 g/mol. The minimum atomic E-state index is -0.0533. The topological polar surface area (TPSA) is 48.0 Å². The van der Waals surface area contributed by atoms with Crippen LogP contribution in [-0.2, 0) is 0 Å². The highest BCUT2D eigenvalue weighted by atomic mass is 35.5. The van der Waals surface area contributed by atoms with Gasteiger partial charge in [0.2, 0.25) is 0 Å². The molecule has 0 spiro atoms. The Morgan fingerprint density at radius 3 is 2.53 bits per heavy atom. The molecule has 30 heavy (non-hydrogen) atoms. The standard InChI is InChI=1S/C24H30ClNO4/c1-5-12-29-23-20(25)14-18(15-22(23)28-4)24(27)26-10-8-19(9-11-26)30-21-13-16(2)6-7-17(21)3/h6-7,13-15,19H,5,8-12H2,1-4H3. The number of nitrogens with zero attached hydrogens (tertiary/aromatic N) is 1. The third-order valence-corrected chi connectivity index (χ3v) is 5.57. The van der Waals surface area contributed by atoms with E-state index in [1.165, 1.54) is 5.56 Å². The van der Waals surface area contributed by atoms with Gasteiger partial charge in [-0.15, -0.1) is 0 Å². The molecule has 2 aromatic carbocycles. The van der Waals surface area contributed by atoms with Crippen LogP contribution in [0.25, 0.3) is 0 Å². The van der Waals surface area contributed by atoms with Crippen LogP contribution >= 0.6 is 11.6 Å². The molecule has 2 aromatic rings. The zero-order valence-electron chi connectivity index (χ0n) is 18.2. The minimum Gasteiger partial charge on any atom is -0.493 e. The van der Waals surface area contributed by atoms with Crippen LogP contribution in [0.2, 0.25) is 5.02 Å². The first-order valence-corrected chi connectivity index (χ1v) is 10.8. The van der Waals surface area contributed by atoms with Gasteiger partial charge in [0, 0.05) is 31.5 Å². The van der Waals surface area contributed by atoms with Gasteiger partial charge in [-0.3, -0.25) is 4.79 Å². The van der Waals surface area contributed by atoms with Crippen LogP contribution in [0, 0.1) is 13.8 Å². The van der Waals surface area contributed by atoms with Gasteiger partial charge in [0.05, 0.1) is 18.7 Å². The van der Waals surface area contributed by atoms with E-state index in [9.17, 15) is 4.79 Å². The van der Waals surface area contributed by atoms with Crippen LogP contribution in [0.1, 0.15) is 47.7 Å². The molecule has 5 nitrogen and oxygen atoms in total. The second kappa shape index (κ2) is 10.1. The summed E-state index contributed by atoms with van der Waals surface area (Å²) in [5.74, 6) is 1.84. The van der Waals surface area contributed by atoms with Crippen LogP contribution in [0.4, 0.5) is 0 Å². The van der Waals surface area contributed by atoms with E-state index in [4.69, 9.17) is 25.8 Å². The van der Waals surface area contributed by atoms with Crippen LogP contribution in [0.3, 0.4) is 0 Å². The van der Waals surface area contributed by atoms with Crippen molar-refractivity contribution in [2.45, 2.75) is 46.1 Å². The highest BCUT2D eigenvalue weighted by Gasteiger charge is 2.26. The molecule has 0 N–H and O–H groups in total. The predicted molar refractivity (Wildman–Crippen MR) is 119 cm³/mol. The van der Waals surface area contributed by atoms with Gasteiger partial charge in [-0.05, 0) is 49.6 Å². The Morgan fingerprint density at radius 2 is 1.87 bits per heavy atom. The fourth-order valence-electron chi connectivity index (χ4n) is 3.56. The summed E-state index contributed by atoms with van der Waals surface area (Å²) < 4.78 is 17.3. The molecule has 1 saturated heterocycles. The summed E-state index contributed by atoms with van der Waals surface area (Å²) in [6, 6.07) is 9.60. The largest absolute Gasteiger partial charge is 0.493 e. The second-order valence-corrected chi connectivity index (χ2v) is 8.12. The number of halogens is 1. The molecule has 0 aliphatic carbocycles. The third-order valence-electron chi connectivity index (χ3n) is 5.29. The minimum absolute atomic E-state index is 0.0533. The summed E-state index contributed by atoms with van der Waals surface area (Å²) in [5.41, 5.74) is 2.82. The Kier molecular flexibility index (Phi) is 7.48. The number of benzene rings is 2. The van der Waals surface area contributed by atoms with E-state index >= 15 is 0 Å². The summed E-state index contributed by atoms with van der Waals surface area (Å²) >= 11 is 6.38. The van der Waals surface area contributed by atoms with Gasteiger partial charge in [-0.1, -0.05) is 30.7 Å². The van der Waals surface area contributed by atoms with Crippen molar-refractivity contribution in [1.29, 1.82) is 0 Å². The smallest absolute Gasteiger partial charge is 0.254 e. The third kappa shape index (κ3) is 5.20. The average Bonchev–Trinajstić information content (AvgIpc) is 2.75. The number of piperidine rings is 1. The van der Waals surface area contributed by atoms with E-state index in [-0.39, 0.29) is 12.0 Å². The Bertz CT molecular complexity index is 891. The highest BCUT2D eigenvalue weighted by Crippen LogP contribution is 2.37. The molecule has 6 heteroatoms. The van der Waals surface area contributed by atoms with Crippen molar-refractivity contribution >= 4 is 17.5 Å². The highest BCUT2D eigenvalue weighted by molar-refractivity contribution is 6.32. The summed E-state index contributed by atoms with van der Waals surface area (Å²) in [4.78, 5) is 14.9. The average molecular weight is 432 g/mol. The van der Waals surface area contributed by atoms with Gasteiger partial charge in [0.15, 0.2) is 11.5 Å². The molecule has 1 aliphatic rings. The van der Waals surface area contributed by atoms with Crippen molar-refractivity contribution in [3.05, 3.63) is 52.0 Å². The van der Waals surface area contributed by atoms with Gasteiger partial charge in [-0.2, -0.15) is 0 Å². The molecule has 0 atom stereocenters. The Labute approximate surface area is 183 Å². The number of rotatable bonds is 7. The molecule has 0 radical (unpaired) electrons. The van der Waals surface area contributed by atoms with Crippen LogP contribution in [0.5, 0.6) is 17.2 Å². The monoisotopic (exact) mass is 431 g/mol. The van der Waals surface area contributed by atoms with E-state index in [1.807, 2.05) is 11.8 Å². The van der Waals surface area contributed by atoms with Crippen molar-refractivity contribution < 1.29 is 19.0 Å². The fourth-order valence-corrected chi connectivity index (χ4v) is 3.83. The van der Waals surface area contributed by atoms with Crippen molar-refractivity contribution in [3.63, 3.8) is 0 Å². The molecule has 0 saturated carbocycles. The maximum Gasteiger partial charge on any atom is 0.254 e. The van der Waals surface area contributed by atoms with E-state index < -0.39 is 0 Å². The molecule has 1 heterocycles. The number of ether oxygens (including phenoxy) is 3. The number of hydrogen-bond donors (Lipinski definition) is 0. The lowest BCUT2D eigenvalue weighted by atomic mass is 10.1. The zero-order valence-corrected chi connectivity index (χ0v) is 18.9. The second-order valence-electron chi connectivity index (χ2n) is 7.72. The maximum absolute atomic E-state index is 13.0. The SMILES string of the molecule is CCCOc1c(Cl)cc(C(=O)N2CCC(Oc3cc(C)ccc3C)CC2)cc1OC. The molecule has 1 fully saturated rings.